The van der Waals surface area contributed by atoms with Crippen molar-refractivity contribution in [2.24, 2.45) is 17.8 Å². The van der Waals surface area contributed by atoms with E-state index in [2.05, 4.69) is 16.8 Å². The first-order chi connectivity index (χ1) is 11.3. The summed E-state index contributed by atoms with van der Waals surface area (Å²) in [6.45, 7) is 5.94. The van der Waals surface area contributed by atoms with E-state index in [1.54, 1.807) is 20.2 Å². The van der Waals surface area contributed by atoms with Gasteiger partial charge in [0.25, 0.3) is 5.91 Å². The molecule has 0 radical (unpaired) electrons. The number of hydrogen-bond donors (Lipinski definition) is 0. The zero-order valence-corrected chi connectivity index (χ0v) is 15.6. The van der Waals surface area contributed by atoms with Crippen LogP contribution in [-0.4, -0.2) is 49.3 Å². The lowest BCUT2D eigenvalue weighted by atomic mass is 9.79. The second-order valence-corrected chi connectivity index (χ2v) is 7.24. The fourth-order valence-electron chi connectivity index (χ4n) is 3.21. The molecule has 1 aromatic heterocycles. The van der Waals surface area contributed by atoms with Crippen LogP contribution in [0.3, 0.4) is 0 Å². The molecule has 1 amide bonds. The lowest BCUT2D eigenvalue weighted by Crippen LogP contribution is -2.37. The van der Waals surface area contributed by atoms with E-state index < -0.39 is 0 Å². The molecule has 0 saturated carbocycles. The molecule has 2 unspecified atom stereocenters. The fraction of sp³-hybridized carbons (Fsp3) is 0.611. The molecule has 0 N–H and O–H groups in total. The zero-order valence-electron chi connectivity index (χ0n) is 14.8. The monoisotopic (exact) mass is 351 g/mol. The van der Waals surface area contributed by atoms with Gasteiger partial charge in [0, 0.05) is 33.1 Å². The second kappa shape index (κ2) is 7.97. The Balaban J connectivity index is 2.03. The van der Waals surface area contributed by atoms with Crippen molar-refractivity contribution in [2.75, 3.05) is 32.1 Å². The Morgan fingerprint density at radius 3 is 2.46 bits per heavy atom. The first-order valence-electron chi connectivity index (χ1n) is 8.43. The summed E-state index contributed by atoms with van der Waals surface area (Å²) >= 11 is 6.20. The summed E-state index contributed by atoms with van der Waals surface area (Å²) in [5, 5.41) is 0.247. The van der Waals surface area contributed by atoms with E-state index in [-0.39, 0.29) is 17.0 Å². The van der Waals surface area contributed by atoms with Gasteiger partial charge in [-0.05, 0) is 36.8 Å². The van der Waals surface area contributed by atoms with Gasteiger partial charge >= 0.3 is 0 Å². The number of amides is 1. The minimum Gasteiger partial charge on any atom is -0.357 e. The fourth-order valence-corrected chi connectivity index (χ4v) is 3.44. The van der Waals surface area contributed by atoms with Crippen molar-refractivity contribution in [2.45, 2.75) is 26.7 Å². The van der Waals surface area contributed by atoms with E-state index in [1.165, 1.54) is 4.90 Å². The number of rotatable bonds is 5. The Labute approximate surface area is 149 Å². The van der Waals surface area contributed by atoms with E-state index in [0.717, 1.165) is 38.0 Å². The largest absolute Gasteiger partial charge is 0.357 e. The number of halogens is 1. The summed E-state index contributed by atoms with van der Waals surface area (Å²) in [6, 6.07) is 3.61. The first-order valence-corrected chi connectivity index (χ1v) is 8.81. The lowest BCUT2D eigenvalue weighted by molar-refractivity contribution is -0.112. The van der Waals surface area contributed by atoms with Crippen molar-refractivity contribution in [1.29, 1.82) is 0 Å². The highest BCUT2D eigenvalue weighted by Crippen LogP contribution is 2.31. The molecule has 1 saturated heterocycles. The number of carbonyl (C=O) groups is 2. The molecule has 5 nitrogen and oxygen atoms in total. The number of nitrogens with zero attached hydrogens (tertiary/aromatic N) is 3. The first kappa shape index (κ1) is 18.7. The topological polar surface area (TPSA) is 53.5 Å². The molecule has 2 rings (SSSR count). The maximum atomic E-state index is 12.0. The van der Waals surface area contributed by atoms with Crippen LogP contribution >= 0.6 is 11.6 Å². The predicted molar refractivity (Wildman–Crippen MR) is 96.6 cm³/mol. The molecule has 1 fully saturated rings. The molecule has 0 aromatic carbocycles. The average molecular weight is 352 g/mol. The lowest BCUT2D eigenvalue weighted by Gasteiger charge is -2.36. The van der Waals surface area contributed by atoms with Crippen molar-refractivity contribution in [3.63, 3.8) is 0 Å². The highest BCUT2D eigenvalue weighted by atomic mass is 35.5. The second-order valence-electron chi connectivity index (χ2n) is 6.89. The SMILES string of the molecule is CC(C=O)C(C)C1CCN(c2ccc(C(=O)N(C)C)c(Cl)n2)CC1. The zero-order chi connectivity index (χ0) is 17.9. The molecule has 6 heteroatoms. The van der Waals surface area contributed by atoms with Crippen LogP contribution in [0.15, 0.2) is 12.1 Å². The third kappa shape index (κ3) is 4.07. The summed E-state index contributed by atoms with van der Waals surface area (Å²) in [7, 11) is 3.39. The Morgan fingerprint density at radius 2 is 1.96 bits per heavy atom. The van der Waals surface area contributed by atoms with Crippen molar-refractivity contribution >= 4 is 29.6 Å². The van der Waals surface area contributed by atoms with Gasteiger partial charge in [-0.15, -0.1) is 0 Å². The molecule has 1 aliphatic rings. The molecule has 24 heavy (non-hydrogen) atoms. The molecule has 1 aromatic rings. The number of aldehydes is 1. The van der Waals surface area contributed by atoms with Crippen LogP contribution in [0, 0.1) is 17.8 Å². The maximum absolute atomic E-state index is 12.0. The highest BCUT2D eigenvalue weighted by molar-refractivity contribution is 6.32. The predicted octanol–water partition coefficient (Wildman–Crippen LogP) is 3.12. The molecule has 1 aliphatic heterocycles. The highest BCUT2D eigenvalue weighted by Gasteiger charge is 2.27. The summed E-state index contributed by atoms with van der Waals surface area (Å²) < 4.78 is 0. The van der Waals surface area contributed by atoms with Crippen molar-refractivity contribution in [3.8, 4) is 0 Å². The number of aromatic nitrogens is 1. The van der Waals surface area contributed by atoms with Crippen LogP contribution in [0.1, 0.15) is 37.0 Å². The number of anilines is 1. The Hall–Kier alpha value is -1.62. The third-order valence-corrected chi connectivity index (χ3v) is 5.41. The van der Waals surface area contributed by atoms with E-state index >= 15 is 0 Å². The van der Waals surface area contributed by atoms with Crippen molar-refractivity contribution in [3.05, 3.63) is 22.8 Å². The number of carbonyl (C=O) groups excluding carboxylic acids is 2. The molecule has 2 atom stereocenters. The quantitative estimate of drug-likeness (QED) is 0.604. The molecular formula is C18H26ClN3O2. The van der Waals surface area contributed by atoms with Crippen molar-refractivity contribution in [1.82, 2.24) is 9.88 Å². The molecule has 2 heterocycles. The Kier molecular flexibility index (Phi) is 6.21. The van der Waals surface area contributed by atoms with Gasteiger partial charge in [0.2, 0.25) is 0 Å². The van der Waals surface area contributed by atoms with E-state index in [4.69, 9.17) is 11.6 Å². The van der Waals surface area contributed by atoms with Crippen LogP contribution in [-0.2, 0) is 4.79 Å². The van der Waals surface area contributed by atoms with Gasteiger partial charge in [0.05, 0.1) is 5.56 Å². The van der Waals surface area contributed by atoms with Crippen LogP contribution in [0.25, 0.3) is 0 Å². The maximum Gasteiger partial charge on any atom is 0.256 e. The van der Waals surface area contributed by atoms with Gasteiger partial charge in [-0.3, -0.25) is 4.79 Å². The van der Waals surface area contributed by atoms with Crippen LogP contribution in [0.5, 0.6) is 0 Å². The molecule has 132 valence electrons. The summed E-state index contributed by atoms with van der Waals surface area (Å²) in [5.74, 6) is 1.73. The summed E-state index contributed by atoms with van der Waals surface area (Å²) in [4.78, 5) is 31.1. The number of pyridine rings is 1. The minimum atomic E-state index is -0.144. The number of hydrogen-bond acceptors (Lipinski definition) is 4. The van der Waals surface area contributed by atoms with Crippen LogP contribution in [0.4, 0.5) is 5.82 Å². The normalized spacial score (nSPS) is 18.1. The molecular weight excluding hydrogens is 326 g/mol. The van der Waals surface area contributed by atoms with Crippen LogP contribution < -0.4 is 4.90 Å². The molecule has 0 bridgehead atoms. The van der Waals surface area contributed by atoms with Crippen molar-refractivity contribution < 1.29 is 9.59 Å². The number of piperidine rings is 1. The average Bonchev–Trinajstić information content (AvgIpc) is 2.59. The van der Waals surface area contributed by atoms with Gasteiger partial charge in [0.1, 0.15) is 17.3 Å². The third-order valence-electron chi connectivity index (χ3n) is 5.12. The molecule has 0 spiro atoms. The van der Waals surface area contributed by atoms with E-state index in [1.807, 2.05) is 13.0 Å². The smallest absolute Gasteiger partial charge is 0.256 e. The summed E-state index contributed by atoms with van der Waals surface area (Å²) in [6.07, 6.45) is 3.13. The van der Waals surface area contributed by atoms with Crippen LogP contribution in [0.2, 0.25) is 5.15 Å². The Bertz CT molecular complexity index is 598. The minimum absolute atomic E-state index is 0.102. The Morgan fingerprint density at radius 1 is 1.33 bits per heavy atom. The van der Waals surface area contributed by atoms with Gasteiger partial charge in [-0.25, -0.2) is 4.98 Å². The van der Waals surface area contributed by atoms with Gasteiger partial charge < -0.3 is 14.6 Å². The molecule has 0 aliphatic carbocycles. The van der Waals surface area contributed by atoms with Gasteiger partial charge in [-0.1, -0.05) is 25.4 Å². The standard InChI is InChI=1S/C18H26ClN3O2/c1-12(11-23)13(2)14-7-9-22(10-8-14)16-6-5-15(17(19)20-16)18(24)21(3)4/h5-6,11-14H,7-10H2,1-4H3. The van der Waals surface area contributed by atoms with Gasteiger partial charge in [0.15, 0.2) is 0 Å². The summed E-state index contributed by atoms with van der Waals surface area (Å²) in [5.41, 5.74) is 0.425. The van der Waals surface area contributed by atoms with E-state index in [9.17, 15) is 9.59 Å². The van der Waals surface area contributed by atoms with E-state index in [0.29, 0.717) is 17.4 Å². The van der Waals surface area contributed by atoms with Gasteiger partial charge in [-0.2, -0.15) is 0 Å².